The first-order chi connectivity index (χ1) is 7.31. The molecule has 1 N–H and O–H groups in total. The first-order valence-corrected chi connectivity index (χ1v) is 6.41. The summed E-state index contributed by atoms with van der Waals surface area (Å²) < 4.78 is 0. The van der Waals surface area contributed by atoms with Crippen LogP contribution in [-0.4, -0.2) is 62.2 Å². The van der Waals surface area contributed by atoms with Crippen LogP contribution in [0.15, 0.2) is 0 Å². The number of rotatable bonds is 2. The minimum Gasteiger partial charge on any atom is -0.315 e. The monoisotopic (exact) mass is 211 g/mol. The van der Waals surface area contributed by atoms with Gasteiger partial charge in [-0.3, -0.25) is 4.90 Å². The van der Waals surface area contributed by atoms with E-state index in [2.05, 4.69) is 29.2 Å². The van der Waals surface area contributed by atoms with Crippen LogP contribution in [0.2, 0.25) is 0 Å². The molecule has 3 nitrogen and oxygen atoms in total. The Morgan fingerprint density at radius 2 is 1.87 bits per heavy atom. The second-order valence-electron chi connectivity index (χ2n) is 5.09. The summed E-state index contributed by atoms with van der Waals surface area (Å²) in [4.78, 5) is 5.18. The van der Waals surface area contributed by atoms with Gasteiger partial charge in [-0.1, -0.05) is 6.42 Å². The fraction of sp³-hybridized carbons (Fsp3) is 1.00. The van der Waals surface area contributed by atoms with Crippen molar-refractivity contribution >= 4 is 0 Å². The molecule has 1 aliphatic carbocycles. The van der Waals surface area contributed by atoms with E-state index in [9.17, 15) is 0 Å². The van der Waals surface area contributed by atoms with Crippen molar-refractivity contribution in [3.8, 4) is 0 Å². The summed E-state index contributed by atoms with van der Waals surface area (Å²) in [5.41, 5.74) is 0. The molecule has 1 saturated heterocycles. The van der Waals surface area contributed by atoms with E-state index in [1.54, 1.807) is 0 Å². The van der Waals surface area contributed by atoms with Crippen molar-refractivity contribution in [3.63, 3.8) is 0 Å². The molecule has 2 aliphatic rings. The molecule has 0 spiro atoms. The Morgan fingerprint density at radius 3 is 2.67 bits per heavy atom. The molecular formula is C12H25N3. The second kappa shape index (κ2) is 5.28. The summed E-state index contributed by atoms with van der Waals surface area (Å²) in [6.07, 6.45) is 5.51. The van der Waals surface area contributed by atoms with E-state index in [0.717, 1.165) is 12.1 Å². The SMILES string of the molecule is CNC1CCCC1N1CCCN(C)CC1. The van der Waals surface area contributed by atoms with Crippen LogP contribution < -0.4 is 5.32 Å². The van der Waals surface area contributed by atoms with Gasteiger partial charge in [0.2, 0.25) is 0 Å². The predicted molar refractivity (Wildman–Crippen MR) is 64.2 cm³/mol. The van der Waals surface area contributed by atoms with Gasteiger partial charge in [-0.05, 0) is 46.4 Å². The third-order valence-corrected chi connectivity index (χ3v) is 4.07. The third kappa shape index (κ3) is 2.71. The molecule has 2 unspecified atom stereocenters. The van der Waals surface area contributed by atoms with Gasteiger partial charge in [0, 0.05) is 25.2 Å². The molecule has 1 saturated carbocycles. The molecule has 0 radical (unpaired) electrons. The molecule has 1 aliphatic heterocycles. The average molecular weight is 211 g/mol. The van der Waals surface area contributed by atoms with Gasteiger partial charge in [-0.2, -0.15) is 0 Å². The molecule has 0 aromatic heterocycles. The molecular weight excluding hydrogens is 186 g/mol. The van der Waals surface area contributed by atoms with Crippen LogP contribution in [0.5, 0.6) is 0 Å². The van der Waals surface area contributed by atoms with Gasteiger partial charge in [0.1, 0.15) is 0 Å². The first kappa shape index (κ1) is 11.4. The lowest BCUT2D eigenvalue weighted by atomic mass is 10.1. The Hall–Kier alpha value is -0.120. The molecule has 0 amide bonds. The maximum atomic E-state index is 3.49. The number of hydrogen-bond donors (Lipinski definition) is 1. The molecule has 2 rings (SSSR count). The van der Waals surface area contributed by atoms with E-state index >= 15 is 0 Å². The lowest BCUT2D eigenvalue weighted by Gasteiger charge is -2.31. The van der Waals surface area contributed by atoms with Crippen LogP contribution in [0.1, 0.15) is 25.7 Å². The Balaban J connectivity index is 1.91. The van der Waals surface area contributed by atoms with Crippen molar-refractivity contribution < 1.29 is 0 Å². The summed E-state index contributed by atoms with van der Waals surface area (Å²) in [6, 6.07) is 1.55. The maximum absolute atomic E-state index is 3.49. The fourth-order valence-corrected chi connectivity index (χ4v) is 3.11. The quantitative estimate of drug-likeness (QED) is 0.728. The first-order valence-electron chi connectivity index (χ1n) is 6.41. The molecule has 0 aromatic rings. The fourth-order valence-electron chi connectivity index (χ4n) is 3.11. The summed E-state index contributed by atoms with van der Waals surface area (Å²) in [6.45, 7) is 5.08. The van der Waals surface area contributed by atoms with Gasteiger partial charge in [-0.15, -0.1) is 0 Å². The van der Waals surface area contributed by atoms with Crippen LogP contribution in [0.4, 0.5) is 0 Å². The van der Waals surface area contributed by atoms with Gasteiger partial charge in [0.05, 0.1) is 0 Å². The Morgan fingerprint density at radius 1 is 1.00 bits per heavy atom. The molecule has 2 fully saturated rings. The molecule has 0 aromatic carbocycles. The second-order valence-corrected chi connectivity index (χ2v) is 5.09. The third-order valence-electron chi connectivity index (χ3n) is 4.07. The minimum absolute atomic E-state index is 0.744. The van der Waals surface area contributed by atoms with Crippen molar-refractivity contribution in [3.05, 3.63) is 0 Å². The van der Waals surface area contributed by atoms with E-state index in [1.165, 1.54) is 51.9 Å². The van der Waals surface area contributed by atoms with Gasteiger partial charge >= 0.3 is 0 Å². The highest BCUT2D eigenvalue weighted by atomic mass is 15.2. The molecule has 88 valence electrons. The van der Waals surface area contributed by atoms with Gasteiger partial charge in [-0.25, -0.2) is 0 Å². The number of nitrogens with zero attached hydrogens (tertiary/aromatic N) is 2. The zero-order chi connectivity index (χ0) is 10.7. The maximum Gasteiger partial charge on any atom is 0.0249 e. The lowest BCUT2D eigenvalue weighted by Crippen LogP contribution is -2.47. The number of nitrogens with one attached hydrogen (secondary N) is 1. The van der Waals surface area contributed by atoms with Crippen molar-refractivity contribution in [2.24, 2.45) is 0 Å². The normalized spacial score (nSPS) is 35.6. The minimum atomic E-state index is 0.744. The van der Waals surface area contributed by atoms with Crippen LogP contribution in [0, 0.1) is 0 Å². The molecule has 0 bridgehead atoms. The van der Waals surface area contributed by atoms with E-state index < -0.39 is 0 Å². The highest BCUT2D eigenvalue weighted by Crippen LogP contribution is 2.24. The molecule has 2 atom stereocenters. The molecule has 1 heterocycles. The topological polar surface area (TPSA) is 18.5 Å². The van der Waals surface area contributed by atoms with Crippen LogP contribution in [0.3, 0.4) is 0 Å². The predicted octanol–water partition coefficient (Wildman–Crippen LogP) is 0.764. The zero-order valence-electron chi connectivity index (χ0n) is 10.2. The summed E-state index contributed by atoms with van der Waals surface area (Å²) in [7, 11) is 4.36. The average Bonchev–Trinajstić information content (AvgIpc) is 2.61. The van der Waals surface area contributed by atoms with Gasteiger partial charge in [0.25, 0.3) is 0 Å². The smallest absolute Gasteiger partial charge is 0.0249 e. The van der Waals surface area contributed by atoms with Gasteiger partial charge in [0.15, 0.2) is 0 Å². The zero-order valence-corrected chi connectivity index (χ0v) is 10.2. The Bertz CT molecular complexity index is 195. The Labute approximate surface area is 93.8 Å². The highest BCUT2D eigenvalue weighted by Gasteiger charge is 2.31. The highest BCUT2D eigenvalue weighted by molar-refractivity contribution is 4.90. The van der Waals surface area contributed by atoms with E-state index in [1.807, 2.05) is 0 Å². The standard InChI is InChI=1S/C12H25N3/c1-13-11-5-3-6-12(11)15-8-4-7-14(2)9-10-15/h11-13H,3-10H2,1-2H3. The van der Waals surface area contributed by atoms with E-state index in [4.69, 9.17) is 0 Å². The van der Waals surface area contributed by atoms with Crippen molar-refractivity contribution in [2.75, 3.05) is 40.3 Å². The summed E-state index contributed by atoms with van der Waals surface area (Å²) in [5.74, 6) is 0. The number of likely N-dealkylation sites (N-methyl/N-ethyl adjacent to an activating group) is 2. The van der Waals surface area contributed by atoms with Crippen molar-refractivity contribution in [1.82, 2.24) is 15.1 Å². The summed E-state index contributed by atoms with van der Waals surface area (Å²) >= 11 is 0. The summed E-state index contributed by atoms with van der Waals surface area (Å²) in [5, 5.41) is 3.49. The van der Waals surface area contributed by atoms with Gasteiger partial charge < -0.3 is 10.2 Å². The van der Waals surface area contributed by atoms with Crippen LogP contribution in [0.25, 0.3) is 0 Å². The molecule has 15 heavy (non-hydrogen) atoms. The van der Waals surface area contributed by atoms with Crippen LogP contribution >= 0.6 is 0 Å². The lowest BCUT2D eigenvalue weighted by molar-refractivity contribution is 0.181. The van der Waals surface area contributed by atoms with E-state index in [-0.39, 0.29) is 0 Å². The van der Waals surface area contributed by atoms with Crippen molar-refractivity contribution in [1.29, 1.82) is 0 Å². The Kier molecular flexibility index (Phi) is 4.00. The van der Waals surface area contributed by atoms with Crippen molar-refractivity contribution in [2.45, 2.75) is 37.8 Å². The number of hydrogen-bond acceptors (Lipinski definition) is 3. The van der Waals surface area contributed by atoms with Crippen LogP contribution in [-0.2, 0) is 0 Å². The van der Waals surface area contributed by atoms with E-state index in [0.29, 0.717) is 0 Å². The largest absolute Gasteiger partial charge is 0.315 e. The molecule has 3 heteroatoms.